The highest BCUT2D eigenvalue weighted by molar-refractivity contribution is 6.30. The number of ether oxygens (including phenoxy) is 1. The maximum atomic E-state index is 13.1. The monoisotopic (exact) mass is 457 g/mol. The summed E-state index contributed by atoms with van der Waals surface area (Å²) in [6.07, 6.45) is 3.70. The molecular formula is C24H32ClN5O2. The topological polar surface area (TPSA) is 61.8 Å². The molecule has 0 radical (unpaired) electrons. The molecule has 1 amide bonds. The molecule has 3 heterocycles. The number of rotatable bonds is 5. The van der Waals surface area contributed by atoms with E-state index in [4.69, 9.17) is 16.3 Å². The molecule has 0 spiro atoms. The largest absolute Gasteiger partial charge is 0.478 e. The van der Waals surface area contributed by atoms with Crippen molar-refractivity contribution in [3.05, 3.63) is 41.4 Å². The normalized spacial score (nSPS) is 19.8. The lowest BCUT2D eigenvalue weighted by molar-refractivity contribution is -0.145. The van der Waals surface area contributed by atoms with E-state index in [1.54, 1.807) is 24.3 Å². The van der Waals surface area contributed by atoms with E-state index in [1.165, 1.54) is 19.3 Å². The quantitative estimate of drug-likeness (QED) is 0.675. The van der Waals surface area contributed by atoms with Crippen LogP contribution in [0.4, 0.5) is 11.6 Å². The summed E-state index contributed by atoms with van der Waals surface area (Å²) in [6.45, 7) is 9.60. The second-order valence-corrected chi connectivity index (χ2v) is 9.57. The summed E-state index contributed by atoms with van der Waals surface area (Å²) in [4.78, 5) is 19.5. The number of aromatic nitrogens is 2. The summed E-state index contributed by atoms with van der Waals surface area (Å²) >= 11 is 5.94. The number of piperazine rings is 1. The Labute approximate surface area is 195 Å². The lowest BCUT2D eigenvalue weighted by Crippen LogP contribution is -2.56. The third-order valence-corrected chi connectivity index (χ3v) is 6.58. The molecule has 172 valence electrons. The summed E-state index contributed by atoms with van der Waals surface area (Å²) in [5.74, 6) is 2.43. The Bertz CT molecular complexity index is 911. The van der Waals surface area contributed by atoms with Crippen LogP contribution in [0.15, 0.2) is 36.4 Å². The van der Waals surface area contributed by atoms with Gasteiger partial charge in [-0.2, -0.15) is 0 Å². The molecule has 0 bridgehead atoms. The van der Waals surface area contributed by atoms with E-state index < -0.39 is 5.60 Å². The number of amides is 1. The predicted molar refractivity (Wildman–Crippen MR) is 128 cm³/mol. The van der Waals surface area contributed by atoms with Crippen LogP contribution in [0.25, 0.3) is 0 Å². The lowest BCUT2D eigenvalue weighted by Gasteiger charge is -2.39. The number of anilines is 2. The average Bonchev–Trinajstić information content (AvgIpc) is 2.80. The van der Waals surface area contributed by atoms with Crippen LogP contribution in [0, 0.1) is 0 Å². The number of carbonyl (C=O) groups excluding carboxylic acids is 1. The summed E-state index contributed by atoms with van der Waals surface area (Å²) in [6, 6.07) is 11.7. The van der Waals surface area contributed by atoms with Crippen LogP contribution in [0.1, 0.15) is 40.0 Å². The molecule has 2 saturated heterocycles. The zero-order chi connectivity index (χ0) is 22.7. The Hall–Kier alpha value is -2.54. The molecule has 8 heteroatoms. The van der Waals surface area contributed by atoms with E-state index in [1.807, 2.05) is 18.7 Å². The van der Waals surface area contributed by atoms with Crippen LogP contribution >= 0.6 is 11.6 Å². The van der Waals surface area contributed by atoms with Crippen molar-refractivity contribution in [2.75, 3.05) is 42.5 Å². The molecule has 1 aromatic carbocycles. The van der Waals surface area contributed by atoms with Gasteiger partial charge in [0.2, 0.25) is 0 Å². The van der Waals surface area contributed by atoms with E-state index in [0.29, 0.717) is 29.9 Å². The maximum Gasteiger partial charge on any atom is 0.266 e. The fourth-order valence-corrected chi connectivity index (χ4v) is 4.56. The van der Waals surface area contributed by atoms with Crippen LogP contribution in [0.2, 0.25) is 5.02 Å². The number of piperidine rings is 1. The molecule has 0 saturated carbocycles. The summed E-state index contributed by atoms with van der Waals surface area (Å²) < 4.78 is 5.97. The van der Waals surface area contributed by atoms with E-state index in [9.17, 15) is 4.79 Å². The predicted octanol–water partition coefficient (Wildman–Crippen LogP) is 4.02. The zero-order valence-electron chi connectivity index (χ0n) is 19.1. The Morgan fingerprint density at radius 1 is 0.969 bits per heavy atom. The molecule has 1 aromatic heterocycles. The third kappa shape index (κ3) is 5.09. The molecule has 2 aliphatic heterocycles. The van der Waals surface area contributed by atoms with E-state index >= 15 is 0 Å². The molecule has 7 nitrogen and oxygen atoms in total. The van der Waals surface area contributed by atoms with E-state index in [-0.39, 0.29) is 5.91 Å². The van der Waals surface area contributed by atoms with Gasteiger partial charge in [0.1, 0.15) is 5.75 Å². The van der Waals surface area contributed by atoms with Gasteiger partial charge in [-0.3, -0.25) is 4.79 Å². The smallest absolute Gasteiger partial charge is 0.266 e. The summed E-state index contributed by atoms with van der Waals surface area (Å²) in [7, 11) is 0. The van der Waals surface area contributed by atoms with Crippen molar-refractivity contribution in [2.24, 2.45) is 0 Å². The van der Waals surface area contributed by atoms with Gasteiger partial charge in [0.25, 0.3) is 5.91 Å². The minimum atomic E-state index is -0.956. The molecule has 2 fully saturated rings. The zero-order valence-corrected chi connectivity index (χ0v) is 19.9. The Kier molecular flexibility index (Phi) is 6.74. The van der Waals surface area contributed by atoms with Crippen molar-refractivity contribution < 1.29 is 9.53 Å². The number of hydrogen-bond acceptors (Lipinski definition) is 6. The first-order valence-corrected chi connectivity index (χ1v) is 11.8. The highest BCUT2D eigenvalue weighted by Gasteiger charge is 2.36. The molecule has 0 aliphatic carbocycles. The van der Waals surface area contributed by atoms with Crippen LogP contribution in [0.5, 0.6) is 5.75 Å². The molecule has 2 aromatic rings. The molecule has 4 rings (SSSR count). The van der Waals surface area contributed by atoms with Gasteiger partial charge in [0.15, 0.2) is 17.2 Å². The number of hydrogen-bond donors (Lipinski definition) is 0. The first-order valence-electron chi connectivity index (χ1n) is 11.4. The fourth-order valence-electron chi connectivity index (χ4n) is 4.44. The van der Waals surface area contributed by atoms with E-state index in [2.05, 4.69) is 39.1 Å². The molecule has 0 N–H and O–H groups in total. The van der Waals surface area contributed by atoms with Gasteiger partial charge in [0, 0.05) is 43.8 Å². The van der Waals surface area contributed by atoms with Gasteiger partial charge in [-0.25, -0.2) is 0 Å². The first-order chi connectivity index (χ1) is 15.3. The van der Waals surface area contributed by atoms with Crippen molar-refractivity contribution in [1.82, 2.24) is 15.1 Å². The Morgan fingerprint density at radius 3 is 2.25 bits per heavy atom. The van der Waals surface area contributed by atoms with Gasteiger partial charge >= 0.3 is 0 Å². The van der Waals surface area contributed by atoms with Crippen molar-refractivity contribution in [1.29, 1.82) is 0 Å². The van der Waals surface area contributed by atoms with Gasteiger partial charge in [-0.1, -0.05) is 11.6 Å². The standard InChI is InChI=1S/C24H32ClN5O2/c1-18-6-4-5-13-30(18)22-12-11-21(26-27-22)28-14-16-29(17-15-28)23(31)24(2,3)32-20-9-7-19(25)8-10-20/h7-12,18H,4-6,13-17H2,1-3H3. The molecule has 32 heavy (non-hydrogen) atoms. The number of nitrogens with zero attached hydrogens (tertiary/aromatic N) is 5. The molecule has 2 aliphatic rings. The Balaban J connectivity index is 1.33. The maximum absolute atomic E-state index is 13.1. The third-order valence-electron chi connectivity index (χ3n) is 6.33. The van der Waals surface area contributed by atoms with E-state index in [0.717, 1.165) is 31.3 Å². The first kappa shape index (κ1) is 22.6. The van der Waals surface area contributed by atoms with Crippen LogP contribution < -0.4 is 14.5 Å². The van der Waals surface area contributed by atoms with Gasteiger partial charge < -0.3 is 19.4 Å². The molecular weight excluding hydrogens is 426 g/mol. The van der Waals surface area contributed by atoms with Crippen molar-refractivity contribution in [3.8, 4) is 5.75 Å². The highest BCUT2D eigenvalue weighted by Crippen LogP contribution is 2.25. The van der Waals surface area contributed by atoms with Gasteiger partial charge in [0.05, 0.1) is 0 Å². The van der Waals surface area contributed by atoms with Crippen molar-refractivity contribution >= 4 is 29.1 Å². The number of halogens is 1. The van der Waals surface area contributed by atoms with Crippen molar-refractivity contribution in [3.63, 3.8) is 0 Å². The van der Waals surface area contributed by atoms with Gasteiger partial charge in [-0.15, -0.1) is 10.2 Å². The van der Waals surface area contributed by atoms with Crippen LogP contribution in [-0.4, -0.2) is 65.4 Å². The Morgan fingerprint density at radius 2 is 1.62 bits per heavy atom. The van der Waals surface area contributed by atoms with Gasteiger partial charge in [-0.05, 0) is 76.4 Å². The lowest BCUT2D eigenvalue weighted by atomic mass is 10.0. The average molecular weight is 458 g/mol. The SMILES string of the molecule is CC1CCCCN1c1ccc(N2CCN(C(=O)C(C)(C)Oc3ccc(Cl)cc3)CC2)nn1. The summed E-state index contributed by atoms with van der Waals surface area (Å²) in [5.41, 5.74) is -0.956. The highest BCUT2D eigenvalue weighted by atomic mass is 35.5. The summed E-state index contributed by atoms with van der Waals surface area (Å²) in [5, 5.41) is 9.63. The van der Waals surface area contributed by atoms with Crippen molar-refractivity contribution in [2.45, 2.75) is 51.7 Å². The second-order valence-electron chi connectivity index (χ2n) is 9.13. The number of carbonyl (C=O) groups is 1. The minimum Gasteiger partial charge on any atom is -0.478 e. The number of benzene rings is 1. The second kappa shape index (κ2) is 9.53. The molecule has 1 unspecified atom stereocenters. The van der Waals surface area contributed by atoms with Crippen LogP contribution in [-0.2, 0) is 4.79 Å². The minimum absolute atomic E-state index is 0.0207. The fraction of sp³-hybridized carbons (Fsp3) is 0.542. The molecule has 1 atom stereocenters. The van der Waals surface area contributed by atoms with Crippen LogP contribution in [0.3, 0.4) is 0 Å².